The van der Waals surface area contributed by atoms with E-state index in [1.54, 1.807) is 0 Å². The van der Waals surface area contributed by atoms with E-state index < -0.39 is 5.97 Å². The van der Waals surface area contributed by atoms with Crippen LogP contribution in [0.5, 0.6) is 0 Å². The van der Waals surface area contributed by atoms with Crippen molar-refractivity contribution < 1.29 is 14.6 Å². The van der Waals surface area contributed by atoms with Gasteiger partial charge < -0.3 is 14.8 Å². The molecule has 6 heteroatoms. The molecule has 0 saturated heterocycles. The fourth-order valence-corrected chi connectivity index (χ4v) is 1.94. The van der Waals surface area contributed by atoms with E-state index in [9.17, 15) is 9.59 Å². The quantitative estimate of drug-likeness (QED) is 0.784. The molecule has 17 heavy (non-hydrogen) atoms. The Morgan fingerprint density at radius 1 is 1.53 bits per heavy atom. The van der Waals surface area contributed by atoms with Crippen LogP contribution in [-0.2, 0) is 29.0 Å². The van der Waals surface area contributed by atoms with Crippen molar-refractivity contribution in [2.24, 2.45) is 0 Å². The summed E-state index contributed by atoms with van der Waals surface area (Å²) in [4.78, 5) is 28.4. The van der Waals surface area contributed by atoms with Crippen LogP contribution in [0.15, 0.2) is 4.79 Å². The lowest BCUT2D eigenvalue weighted by Gasteiger charge is -2.18. The van der Waals surface area contributed by atoms with Crippen molar-refractivity contribution in [1.82, 2.24) is 9.97 Å². The molecule has 0 fully saturated rings. The van der Waals surface area contributed by atoms with Crippen LogP contribution in [0.4, 0.5) is 0 Å². The van der Waals surface area contributed by atoms with Crippen molar-refractivity contribution in [3.63, 3.8) is 0 Å². The molecular formula is C11H14N2O4. The van der Waals surface area contributed by atoms with Crippen LogP contribution >= 0.6 is 0 Å². The van der Waals surface area contributed by atoms with Crippen LogP contribution in [0.25, 0.3) is 0 Å². The zero-order valence-corrected chi connectivity index (χ0v) is 9.36. The fourth-order valence-electron chi connectivity index (χ4n) is 1.94. The molecule has 0 atom stereocenters. The van der Waals surface area contributed by atoms with E-state index in [-0.39, 0.29) is 12.1 Å². The maximum absolute atomic E-state index is 11.3. The van der Waals surface area contributed by atoms with Crippen molar-refractivity contribution in [2.45, 2.75) is 32.3 Å². The number of ether oxygens (including phenoxy) is 1. The first kappa shape index (κ1) is 11.8. The average Bonchev–Trinajstić information content (AvgIpc) is 2.28. The summed E-state index contributed by atoms with van der Waals surface area (Å²) in [6.45, 7) is 1.04. The summed E-state index contributed by atoms with van der Waals surface area (Å²) in [6, 6.07) is 0. The molecule has 0 bridgehead atoms. The van der Waals surface area contributed by atoms with Crippen molar-refractivity contribution in [3.8, 4) is 0 Å². The predicted octanol–water partition coefficient (Wildman–Crippen LogP) is 0.250. The largest absolute Gasteiger partial charge is 0.481 e. The lowest BCUT2D eigenvalue weighted by atomic mass is 10.0. The summed E-state index contributed by atoms with van der Waals surface area (Å²) in [5.41, 5.74) is 2.10. The number of aromatic nitrogens is 2. The SMILES string of the molecule is O=C(O)CCCc1nc(=O)[nH]c2c1COCC2. The van der Waals surface area contributed by atoms with E-state index >= 15 is 0 Å². The first-order valence-corrected chi connectivity index (χ1v) is 5.57. The highest BCUT2D eigenvalue weighted by atomic mass is 16.5. The summed E-state index contributed by atoms with van der Waals surface area (Å²) in [7, 11) is 0. The fraction of sp³-hybridized carbons (Fsp3) is 0.545. The van der Waals surface area contributed by atoms with E-state index in [1.165, 1.54) is 0 Å². The minimum atomic E-state index is -0.833. The van der Waals surface area contributed by atoms with Gasteiger partial charge in [-0.3, -0.25) is 4.79 Å². The second kappa shape index (κ2) is 5.09. The minimum Gasteiger partial charge on any atom is -0.481 e. The van der Waals surface area contributed by atoms with E-state index in [4.69, 9.17) is 9.84 Å². The molecule has 0 unspecified atom stereocenters. The van der Waals surface area contributed by atoms with Gasteiger partial charge in [-0.1, -0.05) is 0 Å². The number of aryl methyl sites for hydroxylation is 1. The van der Waals surface area contributed by atoms with Gasteiger partial charge in [0.15, 0.2) is 0 Å². The number of carboxylic acids is 1. The van der Waals surface area contributed by atoms with Gasteiger partial charge in [-0.05, 0) is 12.8 Å². The highest BCUT2D eigenvalue weighted by Crippen LogP contribution is 2.17. The van der Waals surface area contributed by atoms with Crippen LogP contribution in [0, 0.1) is 0 Å². The van der Waals surface area contributed by atoms with Gasteiger partial charge in [-0.25, -0.2) is 4.79 Å². The van der Waals surface area contributed by atoms with Crippen LogP contribution < -0.4 is 5.69 Å². The highest BCUT2D eigenvalue weighted by Gasteiger charge is 2.16. The second-order valence-corrected chi connectivity index (χ2v) is 4.00. The van der Waals surface area contributed by atoms with Gasteiger partial charge in [-0.2, -0.15) is 4.98 Å². The van der Waals surface area contributed by atoms with Crippen molar-refractivity contribution in [3.05, 3.63) is 27.4 Å². The number of aliphatic carboxylic acids is 1. The minimum absolute atomic E-state index is 0.0874. The molecular weight excluding hydrogens is 224 g/mol. The number of hydrogen-bond acceptors (Lipinski definition) is 4. The van der Waals surface area contributed by atoms with E-state index in [0.29, 0.717) is 38.2 Å². The Labute approximate surface area is 97.7 Å². The third-order valence-electron chi connectivity index (χ3n) is 2.75. The first-order valence-electron chi connectivity index (χ1n) is 5.57. The molecule has 1 aliphatic rings. The van der Waals surface area contributed by atoms with Crippen molar-refractivity contribution >= 4 is 5.97 Å². The molecule has 0 radical (unpaired) electrons. The van der Waals surface area contributed by atoms with E-state index in [2.05, 4.69) is 9.97 Å². The number of carboxylic acid groups (broad SMARTS) is 1. The van der Waals surface area contributed by atoms with Crippen LogP contribution in [-0.4, -0.2) is 27.7 Å². The Morgan fingerprint density at radius 3 is 3.12 bits per heavy atom. The molecule has 0 aliphatic carbocycles. The number of hydrogen-bond donors (Lipinski definition) is 2. The summed E-state index contributed by atoms with van der Waals surface area (Å²) in [5.74, 6) is -0.833. The van der Waals surface area contributed by atoms with Gasteiger partial charge in [0.25, 0.3) is 0 Å². The van der Waals surface area contributed by atoms with Crippen molar-refractivity contribution in [1.29, 1.82) is 0 Å². The Morgan fingerprint density at radius 2 is 2.35 bits per heavy atom. The molecule has 1 aromatic rings. The third-order valence-corrected chi connectivity index (χ3v) is 2.75. The Balaban J connectivity index is 2.17. The van der Waals surface area contributed by atoms with Crippen molar-refractivity contribution in [2.75, 3.05) is 6.61 Å². The van der Waals surface area contributed by atoms with Gasteiger partial charge in [0.1, 0.15) is 0 Å². The molecule has 0 spiro atoms. The van der Waals surface area contributed by atoms with Gasteiger partial charge in [0.2, 0.25) is 0 Å². The smallest absolute Gasteiger partial charge is 0.345 e. The third kappa shape index (κ3) is 2.91. The molecule has 2 rings (SSSR count). The molecule has 2 N–H and O–H groups in total. The monoisotopic (exact) mass is 238 g/mol. The van der Waals surface area contributed by atoms with E-state index in [1.807, 2.05) is 0 Å². The van der Waals surface area contributed by atoms with E-state index in [0.717, 1.165) is 11.3 Å². The lowest BCUT2D eigenvalue weighted by molar-refractivity contribution is -0.137. The Kier molecular flexibility index (Phi) is 3.53. The summed E-state index contributed by atoms with van der Waals surface area (Å²) >= 11 is 0. The van der Waals surface area contributed by atoms with Crippen LogP contribution in [0.3, 0.4) is 0 Å². The molecule has 0 amide bonds. The molecule has 1 aromatic heterocycles. The second-order valence-electron chi connectivity index (χ2n) is 4.00. The summed E-state index contributed by atoms with van der Waals surface area (Å²) in [6.07, 6.45) is 1.75. The number of nitrogens with zero attached hydrogens (tertiary/aromatic N) is 1. The van der Waals surface area contributed by atoms with Crippen LogP contribution in [0.2, 0.25) is 0 Å². The normalized spacial score (nSPS) is 14.4. The number of carbonyl (C=O) groups is 1. The molecule has 0 aromatic carbocycles. The predicted molar refractivity (Wildman–Crippen MR) is 58.8 cm³/mol. The zero-order chi connectivity index (χ0) is 12.3. The Hall–Kier alpha value is -1.69. The van der Waals surface area contributed by atoms with Gasteiger partial charge in [-0.15, -0.1) is 0 Å². The molecule has 0 saturated carbocycles. The molecule has 2 heterocycles. The number of rotatable bonds is 4. The number of aromatic amines is 1. The zero-order valence-electron chi connectivity index (χ0n) is 9.36. The number of nitrogens with one attached hydrogen (secondary N) is 1. The maximum atomic E-state index is 11.3. The number of fused-ring (bicyclic) bond motifs is 1. The average molecular weight is 238 g/mol. The molecule has 92 valence electrons. The molecule has 1 aliphatic heterocycles. The van der Waals surface area contributed by atoms with Gasteiger partial charge in [0, 0.05) is 24.1 Å². The lowest BCUT2D eigenvalue weighted by Crippen LogP contribution is -2.23. The number of H-pyrrole nitrogens is 1. The highest BCUT2D eigenvalue weighted by molar-refractivity contribution is 5.66. The standard InChI is InChI=1S/C11H14N2O4/c14-10(15)3-1-2-8-7-6-17-5-4-9(7)13-11(16)12-8/h1-6H2,(H,14,15)(H,12,13,16). The van der Waals surface area contributed by atoms with Gasteiger partial charge >= 0.3 is 11.7 Å². The Bertz CT molecular complexity index is 481. The topological polar surface area (TPSA) is 92.3 Å². The van der Waals surface area contributed by atoms with Gasteiger partial charge in [0.05, 0.1) is 18.9 Å². The summed E-state index contributed by atoms with van der Waals surface area (Å²) < 4.78 is 5.33. The summed E-state index contributed by atoms with van der Waals surface area (Å²) in [5, 5.41) is 8.57. The van der Waals surface area contributed by atoms with Crippen LogP contribution in [0.1, 0.15) is 29.8 Å². The first-order chi connectivity index (χ1) is 8.16. The molecule has 6 nitrogen and oxygen atoms in total. The maximum Gasteiger partial charge on any atom is 0.345 e.